The van der Waals surface area contributed by atoms with Gasteiger partial charge in [-0.2, -0.15) is 11.3 Å². The lowest BCUT2D eigenvalue weighted by atomic mass is 10.2. The lowest BCUT2D eigenvalue weighted by molar-refractivity contribution is 1.16. The molecule has 0 aliphatic rings. The Kier molecular flexibility index (Phi) is 2.23. The second-order valence-electron chi connectivity index (χ2n) is 2.55. The summed E-state index contributed by atoms with van der Waals surface area (Å²) < 4.78 is 0. The van der Waals surface area contributed by atoms with Crippen molar-refractivity contribution in [2.45, 2.75) is 0 Å². The molecule has 0 aliphatic heterocycles. The summed E-state index contributed by atoms with van der Waals surface area (Å²) in [5.74, 6) is 0.844. The van der Waals surface area contributed by atoms with Gasteiger partial charge < -0.3 is 5.32 Å². The molecule has 2 aromatic rings. The van der Waals surface area contributed by atoms with Gasteiger partial charge in [-0.25, -0.2) is 9.97 Å². The molecule has 0 fully saturated rings. The first-order valence-electron chi connectivity index (χ1n) is 3.92. The number of thiophene rings is 1. The predicted octanol–water partition coefficient (Wildman–Crippen LogP) is 2.25. The fourth-order valence-electron chi connectivity index (χ4n) is 1.06. The quantitative estimate of drug-likeness (QED) is 0.791. The number of hydrogen-bond donors (Lipinski definition) is 1. The summed E-state index contributed by atoms with van der Waals surface area (Å²) in [4.78, 5) is 8.23. The summed E-state index contributed by atoms with van der Waals surface area (Å²) in [5, 5.41) is 7.09. The minimum Gasteiger partial charge on any atom is -0.373 e. The zero-order valence-electron chi connectivity index (χ0n) is 7.19. The number of hydrogen-bond acceptors (Lipinski definition) is 4. The van der Waals surface area contributed by atoms with Crippen LogP contribution in [-0.4, -0.2) is 17.0 Å². The van der Waals surface area contributed by atoms with E-state index >= 15 is 0 Å². The highest BCUT2D eigenvalue weighted by Gasteiger charge is 2.00. The van der Waals surface area contributed by atoms with E-state index in [1.54, 1.807) is 17.7 Å². The maximum absolute atomic E-state index is 4.19. The third kappa shape index (κ3) is 1.67. The Morgan fingerprint density at radius 2 is 2.31 bits per heavy atom. The molecule has 0 unspecified atom stereocenters. The van der Waals surface area contributed by atoms with Gasteiger partial charge in [0.25, 0.3) is 0 Å². The highest BCUT2D eigenvalue weighted by Crippen LogP contribution is 2.20. The van der Waals surface area contributed by atoms with Crippen molar-refractivity contribution >= 4 is 17.2 Å². The number of aromatic nitrogens is 2. The Labute approximate surface area is 80.5 Å². The van der Waals surface area contributed by atoms with Crippen LogP contribution in [0.4, 0.5) is 5.82 Å². The zero-order chi connectivity index (χ0) is 9.10. The molecule has 0 aromatic carbocycles. The standard InChI is InChI=1S/C9H9N3S/c1-10-9-4-8(11-6-12-9)7-2-3-13-5-7/h2-6H,1H3,(H,10,11,12). The summed E-state index contributed by atoms with van der Waals surface area (Å²) in [6.07, 6.45) is 1.57. The molecule has 66 valence electrons. The van der Waals surface area contributed by atoms with Crippen molar-refractivity contribution in [1.82, 2.24) is 9.97 Å². The van der Waals surface area contributed by atoms with E-state index in [9.17, 15) is 0 Å². The van der Waals surface area contributed by atoms with Crippen molar-refractivity contribution in [2.75, 3.05) is 12.4 Å². The van der Waals surface area contributed by atoms with Gasteiger partial charge in [-0.15, -0.1) is 0 Å². The van der Waals surface area contributed by atoms with Gasteiger partial charge in [-0.05, 0) is 11.4 Å². The second-order valence-corrected chi connectivity index (χ2v) is 3.33. The van der Waals surface area contributed by atoms with Gasteiger partial charge in [0.05, 0.1) is 5.69 Å². The van der Waals surface area contributed by atoms with Crippen LogP contribution >= 0.6 is 11.3 Å². The molecule has 2 aromatic heterocycles. The molecule has 0 bridgehead atoms. The highest BCUT2D eigenvalue weighted by atomic mass is 32.1. The largest absolute Gasteiger partial charge is 0.373 e. The molecule has 0 saturated heterocycles. The Balaban J connectivity index is 2.41. The van der Waals surface area contributed by atoms with Gasteiger partial charge in [-0.1, -0.05) is 0 Å². The van der Waals surface area contributed by atoms with Crippen LogP contribution in [0.1, 0.15) is 0 Å². The van der Waals surface area contributed by atoms with Crippen LogP contribution in [0.2, 0.25) is 0 Å². The van der Waals surface area contributed by atoms with Gasteiger partial charge in [0.1, 0.15) is 12.1 Å². The third-order valence-electron chi connectivity index (χ3n) is 1.74. The maximum Gasteiger partial charge on any atom is 0.129 e. The molecule has 0 saturated carbocycles. The SMILES string of the molecule is CNc1cc(-c2ccsc2)ncn1. The number of nitrogens with one attached hydrogen (secondary N) is 1. The lowest BCUT2D eigenvalue weighted by Crippen LogP contribution is -1.93. The van der Waals surface area contributed by atoms with Crippen molar-refractivity contribution in [3.63, 3.8) is 0 Å². The fraction of sp³-hybridized carbons (Fsp3) is 0.111. The molecule has 1 N–H and O–H groups in total. The number of nitrogens with zero attached hydrogens (tertiary/aromatic N) is 2. The van der Waals surface area contributed by atoms with Crippen molar-refractivity contribution in [2.24, 2.45) is 0 Å². The van der Waals surface area contributed by atoms with Gasteiger partial charge in [-0.3, -0.25) is 0 Å². The minimum atomic E-state index is 0.844. The summed E-state index contributed by atoms with van der Waals surface area (Å²) in [5.41, 5.74) is 2.10. The van der Waals surface area contributed by atoms with Gasteiger partial charge in [0.2, 0.25) is 0 Å². The average Bonchev–Trinajstić information content (AvgIpc) is 2.71. The van der Waals surface area contributed by atoms with E-state index < -0.39 is 0 Å². The molecular weight excluding hydrogens is 182 g/mol. The van der Waals surface area contributed by atoms with Gasteiger partial charge in [0.15, 0.2) is 0 Å². The van der Waals surface area contributed by atoms with E-state index in [0.717, 1.165) is 17.1 Å². The van der Waals surface area contributed by atoms with Crippen LogP contribution in [-0.2, 0) is 0 Å². The second kappa shape index (κ2) is 3.53. The first kappa shape index (κ1) is 8.19. The summed E-state index contributed by atoms with van der Waals surface area (Å²) in [7, 11) is 1.85. The summed E-state index contributed by atoms with van der Waals surface area (Å²) in [6.45, 7) is 0. The van der Waals surface area contributed by atoms with Crippen LogP contribution in [0.15, 0.2) is 29.2 Å². The van der Waals surface area contributed by atoms with Gasteiger partial charge >= 0.3 is 0 Å². The van der Waals surface area contributed by atoms with Gasteiger partial charge in [0, 0.05) is 24.1 Å². The van der Waals surface area contributed by atoms with Crippen molar-refractivity contribution in [1.29, 1.82) is 0 Å². The maximum atomic E-state index is 4.19. The van der Waals surface area contributed by atoms with Crippen LogP contribution in [0.5, 0.6) is 0 Å². The van der Waals surface area contributed by atoms with Crippen molar-refractivity contribution in [3.8, 4) is 11.3 Å². The molecule has 2 heterocycles. The third-order valence-corrected chi connectivity index (χ3v) is 2.42. The number of rotatable bonds is 2. The zero-order valence-corrected chi connectivity index (χ0v) is 8.01. The molecule has 0 radical (unpaired) electrons. The van der Waals surface area contributed by atoms with E-state index in [-0.39, 0.29) is 0 Å². The predicted molar refractivity (Wildman–Crippen MR) is 54.9 cm³/mol. The Morgan fingerprint density at radius 3 is 3.00 bits per heavy atom. The average molecular weight is 191 g/mol. The van der Waals surface area contributed by atoms with Crippen LogP contribution in [0, 0.1) is 0 Å². The topological polar surface area (TPSA) is 37.8 Å². The monoisotopic (exact) mass is 191 g/mol. The first-order valence-corrected chi connectivity index (χ1v) is 4.87. The van der Waals surface area contributed by atoms with Crippen LogP contribution in [0.25, 0.3) is 11.3 Å². The fourth-order valence-corrected chi connectivity index (χ4v) is 1.71. The molecular formula is C9H9N3S. The molecule has 3 nitrogen and oxygen atoms in total. The Morgan fingerprint density at radius 1 is 1.38 bits per heavy atom. The summed E-state index contributed by atoms with van der Waals surface area (Å²) in [6, 6.07) is 3.98. The highest BCUT2D eigenvalue weighted by molar-refractivity contribution is 7.08. The smallest absolute Gasteiger partial charge is 0.129 e. The van der Waals surface area contributed by atoms with Crippen molar-refractivity contribution in [3.05, 3.63) is 29.2 Å². The van der Waals surface area contributed by atoms with Crippen LogP contribution in [0.3, 0.4) is 0 Å². The minimum absolute atomic E-state index is 0.844. The molecule has 0 aliphatic carbocycles. The first-order chi connectivity index (χ1) is 6.40. The van der Waals surface area contributed by atoms with Crippen LogP contribution < -0.4 is 5.32 Å². The Hall–Kier alpha value is -1.42. The summed E-state index contributed by atoms with van der Waals surface area (Å²) >= 11 is 1.67. The molecule has 13 heavy (non-hydrogen) atoms. The normalized spacial score (nSPS) is 9.92. The van der Waals surface area contributed by atoms with E-state index in [4.69, 9.17) is 0 Å². The van der Waals surface area contributed by atoms with E-state index in [1.807, 2.05) is 24.6 Å². The molecule has 0 amide bonds. The van der Waals surface area contributed by atoms with E-state index in [2.05, 4.69) is 20.7 Å². The van der Waals surface area contributed by atoms with E-state index in [0.29, 0.717) is 0 Å². The molecule has 0 spiro atoms. The van der Waals surface area contributed by atoms with E-state index in [1.165, 1.54) is 0 Å². The molecule has 2 rings (SSSR count). The molecule has 4 heteroatoms. The molecule has 0 atom stereocenters. The Bertz CT molecular complexity index is 384. The lowest BCUT2D eigenvalue weighted by Gasteiger charge is -2.00. The number of anilines is 1. The van der Waals surface area contributed by atoms with Crippen molar-refractivity contribution < 1.29 is 0 Å².